The van der Waals surface area contributed by atoms with Crippen LogP contribution in [0.15, 0.2) is 29.6 Å². The molecule has 20 heavy (non-hydrogen) atoms. The minimum atomic E-state index is 0.187. The molecule has 2 N–H and O–H groups in total. The topological polar surface area (TPSA) is 48.4 Å². The van der Waals surface area contributed by atoms with Crippen LogP contribution in [0, 0.1) is 6.92 Å². The van der Waals surface area contributed by atoms with E-state index in [0.29, 0.717) is 6.54 Å². The van der Waals surface area contributed by atoms with Crippen molar-refractivity contribution in [2.75, 3.05) is 25.0 Å². The first-order valence-corrected chi connectivity index (χ1v) is 7.71. The molecule has 1 aromatic carbocycles. The quantitative estimate of drug-likeness (QED) is 0.823. The Labute approximate surface area is 124 Å². The van der Waals surface area contributed by atoms with Crippen LogP contribution in [0.1, 0.15) is 18.2 Å². The van der Waals surface area contributed by atoms with E-state index in [1.54, 1.807) is 11.3 Å². The number of rotatable bonds is 7. The third-order valence-corrected chi connectivity index (χ3v) is 3.99. The zero-order chi connectivity index (χ0) is 14.4. The van der Waals surface area contributed by atoms with Crippen LogP contribution in [-0.4, -0.2) is 34.7 Å². The highest BCUT2D eigenvalue weighted by molar-refractivity contribution is 7.13. The first-order valence-electron chi connectivity index (χ1n) is 6.83. The van der Waals surface area contributed by atoms with Gasteiger partial charge < -0.3 is 10.4 Å². The van der Waals surface area contributed by atoms with E-state index in [1.807, 2.05) is 12.1 Å². The number of anilines is 2. The van der Waals surface area contributed by atoms with Gasteiger partial charge in [-0.1, -0.05) is 25.1 Å². The average Bonchev–Trinajstić information content (AvgIpc) is 2.88. The molecule has 0 saturated carbocycles. The molecule has 0 aliphatic rings. The van der Waals surface area contributed by atoms with Crippen molar-refractivity contribution in [1.82, 2.24) is 9.88 Å². The fourth-order valence-electron chi connectivity index (χ4n) is 1.98. The monoisotopic (exact) mass is 291 g/mol. The first kappa shape index (κ1) is 15.0. The second-order valence-corrected chi connectivity index (χ2v) is 5.53. The highest BCUT2D eigenvalue weighted by Crippen LogP contribution is 2.23. The summed E-state index contributed by atoms with van der Waals surface area (Å²) in [5.74, 6) is 0. The number of likely N-dealkylation sites (N-methyl/N-ethyl adjacent to an activating group) is 1. The summed E-state index contributed by atoms with van der Waals surface area (Å²) < 4.78 is 0. The summed E-state index contributed by atoms with van der Waals surface area (Å²) in [6, 6.07) is 8.18. The molecule has 0 radical (unpaired) electrons. The molecular weight excluding hydrogens is 270 g/mol. The number of aromatic nitrogens is 1. The highest BCUT2D eigenvalue weighted by Gasteiger charge is 2.07. The lowest BCUT2D eigenvalue weighted by atomic mass is 10.2. The van der Waals surface area contributed by atoms with Gasteiger partial charge in [0.15, 0.2) is 5.13 Å². The molecule has 0 saturated heterocycles. The molecule has 1 aromatic heterocycles. The van der Waals surface area contributed by atoms with Gasteiger partial charge in [0, 0.05) is 24.2 Å². The number of aryl methyl sites for hydroxylation is 1. The van der Waals surface area contributed by atoms with Gasteiger partial charge in [0.1, 0.15) is 0 Å². The second kappa shape index (κ2) is 7.38. The zero-order valence-electron chi connectivity index (χ0n) is 12.0. The molecule has 4 nitrogen and oxygen atoms in total. The number of benzene rings is 1. The molecule has 0 amide bonds. The lowest BCUT2D eigenvalue weighted by Gasteiger charge is -2.17. The molecule has 0 bridgehead atoms. The van der Waals surface area contributed by atoms with Crippen molar-refractivity contribution in [3.63, 3.8) is 0 Å². The Kier molecular flexibility index (Phi) is 5.52. The van der Waals surface area contributed by atoms with Gasteiger partial charge >= 0.3 is 0 Å². The molecule has 0 aliphatic heterocycles. The number of para-hydroxylation sites is 1. The number of hydrogen-bond acceptors (Lipinski definition) is 5. The maximum atomic E-state index is 9.00. The van der Waals surface area contributed by atoms with Gasteiger partial charge in [-0.15, -0.1) is 11.3 Å². The summed E-state index contributed by atoms with van der Waals surface area (Å²) in [5, 5.41) is 15.3. The molecule has 0 aliphatic carbocycles. The number of nitrogens with zero attached hydrogens (tertiary/aromatic N) is 2. The maximum absolute atomic E-state index is 9.00. The molecule has 1 heterocycles. The van der Waals surface area contributed by atoms with Crippen LogP contribution in [0.25, 0.3) is 0 Å². The lowest BCUT2D eigenvalue weighted by molar-refractivity contribution is 0.195. The van der Waals surface area contributed by atoms with Crippen LogP contribution in [0.5, 0.6) is 0 Å². The molecule has 0 spiro atoms. The third kappa shape index (κ3) is 4.03. The molecular formula is C15H21N3OS. The predicted molar refractivity (Wildman–Crippen MR) is 84.6 cm³/mol. The Morgan fingerprint density at radius 2 is 2.15 bits per heavy atom. The van der Waals surface area contributed by atoms with Gasteiger partial charge in [0.25, 0.3) is 0 Å². The van der Waals surface area contributed by atoms with Gasteiger partial charge in [0.05, 0.1) is 12.3 Å². The Morgan fingerprint density at radius 3 is 2.85 bits per heavy atom. The van der Waals surface area contributed by atoms with Crippen molar-refractivity contribution in [2.45, 2.75) is 20.4 Å². The molecule has 0 fully saturated rings. The van der Waals surface area contributed by atoms with Gasteiger partial charge in [-0.2, -0.15) is 0 Å². The highest BCUT2D eigenvalue weighted by atomic mass is 32.1. The van der Waals surface area contributed by atoms with E-state index in [0.717, 1.165) is 29.6 Å². The summed E-state index contributed by atoms with van der Waals surface area (Å²) in [7, 11) is 0. The lowest BCUT2D eigenvalue weighted by Crippen LogP contribution is -2.26. The van der Waals surface area contributed by atoms with E-state index in [1.165, 1.54) is 5.56 Å². The zero-order valence-corrected chi connectivity index (χ0v) is 12.8. The van der Waals surface area contributed by atoms with E-state index < -0.39 is 0 Å². The molecule has 2 rings (SSSR count). The number of aliphatic hydroxyl groups is 1. The SMILES string of the molecule is CCN(CCO)Cc1csc(Nc2ccccc2C)n1. The van der Waals surface area contributed by atoms with E-state index >= 15 is 0 Å². The maximum Gasteiger partial charge on any atom is 0.187 e. The summed E-state index contributed by atoms with van der Waals surface area (Å²) in [4.78, 5) is 6.77. The second-order valence-electron chi connectivity index (χ2n) is 4.68. The van der Waals surface area contributed by atoms with Gasteiger partial charge in [-0.25, -0.2) is 4.98 Å². The van der Waals surface area contributed by atoms with Crippen molar-refractivity contribution in [3.8, 4) is 0 Å². The van der Waals surface area contributed by atoms with Crippen LogP contribution in [-0.2, 0) is 6.54 Å². The molecule has 0 atom stereocenters. The number of thiazole rings is 1. The van der Waals surface area contributed by atoms with Crippen molar-refractivity contribution in [2.24, 2.45) is 0 Å². The van der Waals surface area contributed by atoms with Crippen LogP contribution in [0.3, 0.4) is 0 Å². The minimum Gasteiger partial charge on any atom is -0.395 e. The molecule has 5 heteroatoms. The number of hydrogen-bond donors (Lipinski definition) is 2. The van der Waals surface area contributed by atoms with E-state index in [9.17, 15) is 0 Å². The van der Waals surface area contributed by atoms with Crippen molar-refractivity contribution in [3.05, 3.63) is 40.9 Å². The summed E-state index contributed by atoms with van der Waals surface area (Å²) >= 11 is 1.61. The molecule has 108 valence electrons. The van der Waals surface area contributed by atoms with E-state index in [4.69, 9.17) is 5.11 Å². The number of aliphatic hydroxyl groups excluding tert-OH is 1. The normalized spacial score (nSPS) is 11.0. The van der Waals surface area contributed by atoms with Gasteiger partial charge in [-0.3, -0.25) is 4.90 Å². The summed E-state index contributed by atoms with van der Waals surface area (Å²) in [6.07, 6.45) is 0. The predicted octanol–water partition coefficient (Wildman–Crippen LogP) is 3.01. The largest absolute Gasteiger partial charge is 0.395 e. The standard InChI is InChI=1S/C15H21N3OS/c1-3-18(8-9-19)10-13-11-20-15(16-13)17-14-7-5-4-6-12(14)2/h4-7,11,19H,3,8-10H2,1-2H3,(H,16,17). The van der Waals surface area contributed by atoms with E-state index in [2.05, 4.69) is 46.6 Å². The molecule has 2 aromatic rings. The van der Waals surface area contributed by atoms with Crippen LogP contribution >= 0.6 is 11.3 Å². The van der Waals surface area contributed by atoms with Gasteiger partial charge in [0.2, 0.25) is 0 Å². The van der Waals surface area contributed by atoms with Crippen LogP contribution < -0.4 is 5.32 Å². The van der Waals surface area contributed by atoms with Crippen molar-refractivity contribution < 1.29 is 5.11 Å². The van der Waals surface area contributed by atoms with Crippen molar-refractivity contribution >= 4 is 22.2 Å². The minimum absolute atomic E-state index is 0.187. The molecule has 0 unspecified atom stereocenters. The number of nitrogens with one attached hydrogen (secondary N) is 1. The van der Waals surface area contributed by atoms with Gasteiger partial charge in [-0.05, 0) is 25.1 Å². The Balaban J connectivity index is 2.00. The van der Waals surface area contributed by atoms with Crippen LogP contribution in [0.4, 0.5) is 10.8 Å². The van der Waals surface area contributed by atoms with Crippen LogP contribution in [0.2, 0.25) is 0 Å². The average molecular weight is 291 g/mol. The summed E-state index contributed by atoms with van der Waals surface area (Å²) in [6.45, 7) is 6.74. The fourth-order valence-corrected chi connectivity index (χ4v) is 2.70. The third-order valence-electron chi connectivity index (χ3n) is 3.19. The summed E-state index contributed by atoms with van der Waals surface area (Å²) in [5.41, 5.74) is 3.34. The Morgan fingerprint density at radius 1 is 1.35 bits per heavy atom. The van der Waals surface area contributed by atoms with E-state index in [-0.39, 0.29) is 6.61 Å². The Hall–Kier alpha value is -1.43. The van der Waals surface area contributed by atoms with Crippen molar-refractivity contribution in [1.29, 1.82) is 0 Å². The Bertz CT molecular complexity index is 541. The first-order chi connectivity index (χ1) is 9.72. The smallest absolute Gasteiger partial charge is 0.187 e. The fraction of sp³-hybridized carbons (Fsp3) is 0.400.